The third kappa shape index (κ3) is 5.58. The van der Waals surface area contributed by atoms with Crippen LogP contribution in [0.3, 0.4) is 0 Å². The van der Waals surface area contributed by atoms with Crippen LogP contribution in [0.25, 0.3) is 0 Å². The van der Waals surface area contributed by atoms with Crippen molar-refractivity contribution < 1.29 is 0 Å². The van der Waals surface area contributed by atoms with Crippen LogP contribution in [0.15, 0.2) is 47.4 Å². The van der Waals surface area contributed by atoms with E-state index >= 15 is 0 Å². The van der Waals surface area contributed by atoms with Gasteiger partial charge in [0.1, 0.15) is 4.84 Å². The number of hydrogen-bond donors (Lipinski definition) is 0. The fourth-order valence-corrected chi connectivity index (χ4v) is 1.91. The minimum Gasteiger partial charge on any atom is -0.122 e. The van der Waals surface area contributed by atoms with Gasteiger partial charge in [0, 0.05) is 10.6 Å². The molecular formula is C11H12Cl2S. The van der Waals surface area contributed by atoms with Crippen LogP contribution in [0.2, 0.25) is 0 Å². The molecule has 0 atom stereocenters. The maximum atomic E-state index is 5.58. The van der Waals surface area contributed by atoms with Crippen molar-refractivity contribution in [2.45, 2.75) is 16.2 Å². The highest BCUT2D eigenvalue weighted by molar-refractivity contribution is 7.99. The first kappa shape index (κ1) is 12.0. The van der Waals surface area contributed by atoms with Gasteiger partial charge in [-0.2, -0.15) is 0 Å². The molecule has 0 spiro atoms. The second-order valence-electron chi connectivity index (χ2n) is 2.72. The molecule has 0 radical (unpaired) electrons. The summed E-state index contributed by atoms with van der Waals surface area (Å²) in [5.41, 5.74) is 0. The smallest absolute Gasteiger partial charge is 0.111 e. The zero-order valence-corrected chi connectivity index (χ0v) is 10.0. The number of rotatable bonds is 5. The summed E-state index contributed by atoms with van der Waals surface area (Å²) in [6.07, 6.45) is 4.83. The summed E-state index contributed by atoms with van der Waals surface area (Å²) in [6, 6.07) is 10.3. The summed E-state index contributed by atoms with van der Waals surface area (Å²) in [7, 11) is 0. The Balaban J connectivity index is 2.19. The number of benzene rings is 1. The second kappa shape index (κ2) is 7.22. The van der Waals surface area contributed by atoms with Gasteiger partial charge in [0.15, 0.2) is 0 Å². The van der Waals surface area contributed by atoms with Gasteiger partial charge in [-0.3, -0.25) is 0 Å². The van der Waals surface area contributed by atoms with Gasteiger partial charge in [-0.15, -0.1) is 35.0 Å². The van der Waals surface area contributed by atoms with Crippen molar-refractivity contribution in [3.8, 4) is 0 Å². The molecule has 0 aromatic heterocycles. The van der Waals surface area contributed by atoms with E-state index in [0.717, 1.165) is 12.2 Å². The zero-order valence-electron chi connectivity index (χ0n) is 7.70. The number of alkyl halides is 2. The molecule has 0 N–H and O–H groups in total. The van der Waals surface area contributed by atoms with Gasteiger partial charge in [0.25, 0.3) is 0 Å². The van der Waals surface area contributed by atoms with Crippen LogP contribution in [0.5, 0.6) is 0 Å². The monoisotopic (exact) mass is 246 g/mol. The summed E-state index contributed by atoms with van der Waals surface area (Å²) >= 11 is 13.0. The van der Waals surface area contributed by atoms with E-state index in [2.05, 4.69) is 18.2 Å². The van der Waals surface area contributed by atoms with Gasteiger partial charge in [-0.25, -0.2) is 0 Å². The molecule has 1 rings (SSSR count). The van der Waals surface area contributed by atoms with E-state index in [-0.39, 0.29) is 4.84 Å². The third-order valence-electron chi connectivity index (χ3n) is 1.57. The van der Waals surface area contributed by atoms with E-state index in [9.17, 15) is 0 Å². The highest BCUT2D eigenvalue weighted by atomic mass is 35.5. The Hall–Kier alpha value is -0.110. The summed E-state index contributed by atoms with van der Waals surface area (Å²) < 4.78 is 0. The van der Waals surface area contributed by atoms with E-state index in [1.54, 1.807) is 11.8 Å². The first-order chi connectivity index (χ1) is 6.79. The minimum atomic E-state index is -0.284. The fraction of sp³-hybridized carbons (Fsp3) is 0.273. The maximum absolute atomic E-state index is 5.58. The molecule has 0 heterocycles. The first-order valence-electron chi connectivity index (χ1n) is 4.40. The van der Waals surface area contributed by atoms with E-state index in [0.29, 0.717) is 0 Å². The van der Waals surface area contributed by atoms with E-state index in [1.165, 1.54) is 4.90 Å². The van der Waals surface area contributed by atoms with Gasteiger partial charge in [-0.05, 0) is 18.6 Å². The molecule has 0 saturated carbocycles. The van der Waals surface area contributed by atoms with E-state index < -0.39 is 0 Å². The standard InChI is InChI=1S/C11H12Cl2S/c12-11(13)8-4-5-9-14-10-6-2-1-3-7-10/h1-7,11H,8-9H2/b5-4+. The highest BCUT2D eigenvalue weighted by Crippen LogP contribution is 2.17. The SMILES string of the molecule is ClC(Cl)C/C=C/CSc1ccccc1. The fourth-order valence-electron chi connectivity index (χ4n) is 0.928. The molecule has 0 unspecified atom stereocenters. The van der Waals surface area contributed by atoms with Gasteiger partial charge in [-0.1, -0.05) is 30.4 Å². The molecule has 0 aliphatic rings. The minimum absolute atomic E-state index is 0.284. The largest absolute Gasteiger partial charge is 0.122 e. The van der Waals surface area contributed by atoms with Crippen LogP contribution in [-0.4, -0.2) is 10.6 Å². The summed E-state index contributed by atoms with van der Waals surface area (Å²) in [6.45, 7) is 0. The van der Waals surface area contributed by atoms with Crippen LogP contribution < -0.4 is 0 Å². The van der Waals surface area contributed by atoms with E-state index in [1.807, 2.05) is 24.3 Å². The lowest BCUT2D eigenvalue weighted by atomic mass is 10.4. The van der Waals surface area contributed by atoms with Crippen molar-refractivity contribution in [1.82, 2.24) is 0 Å². The van der Waals surface area contributed by atoms with Gasteiger partial charge < -0.3 is 0 Å². The van der Waals surface area contributed by atoms with Crippen LogP contribution in [-0.2, 0) is 0 Å². The van der Waals surface area contributed by atoms with Crippen LogP contribution in [0, 0.1) is 0 Å². The summed E-state index contributed by atoms with van der Waals surface area (Å²) in [4.78, 5) is 0.999. The Bertz CT molecular complexity index is 270. The molecule has 1 aromatic rings. The molecule has 0 saturated heterocycles. The third-order valence-corrected chi connectivity index (χ3v) is 2.89. The predicted octanol–water partition coefficient (Wildman–Crippen LogP) is 4.53. The van der Waals surface area contributed by atoms with Crippen molar-refractivity contribution in [2.24, 2.45) is 0 Å². The molecule has 0 nitrogen and oxygen atoms in total. The van der Waals surface area contributed by atoms with Gasteiger partial charge in [0.2, 0.25) is 0 Å². The molecule has 76 valence electrons. The Morgan fingerprint density at radius 3 is 2.50 bits per heavy atom. The topological polar surface area (TPSA) is 0 Å². The lowest BCUT2D eigenvalue weighted by Gasteiger charge is -1.96. The van der Waals surface area contributed by atoms with E-state index in [4.69, 9.17) is 23.2 Å². The molecule has 14 heavy (non-hydrogen) atoms. The van der Waals surface area contributed by atoms with Crippen molar-refractivity contribution in [2.75, 3.05) is 5.75 Å². The van der Waals surface area contributed by atoms with Crippen molar-refractivity contribution in [3.05, 3.63) is 42.5 Å². The maximum Gasteiger partial charge on any atom is 0.111 e. The number of allylic oxidation sites excluding steroid dienone is 1. The first-order valence-corrected chi connectivity index (χ1v) is 6.26. The molecule has 0 aliphatic carbocycles. The zero-order chi connectivity index (χ0) is 10.2. The van der Waals surface area contributed by atoms with Crippen LogP contribution in [0.1, 0.15) is 6.42 Å². The number of hydrogen-bond acceptors (Lipinski definition) is 1. The van der Waals surface area contributed by atoms with Crippen molar-refractivity contribution in [1.29, 1.82) is 0 Å². The normalized spacial score (nSPS) is 11.4. The summed E-state index contributed by atoms with van der Waals surface area (Å²) in [5, 5.41) is 0. The molecular weight excluding hydrogens is 235 g/mol. The average molecular weight is 247 g/mol. The van der Waals surface area contributed by atoms with Gasteiger partial charge >= 0.3 is 0 Å². The van der Waals surface area contributed by atoms with Crippen molar-refractivity contribution >= 4 is 35.0 Å². The quantitative estimate of drug-likeness (QED) is 0.418. The predicted molar refractivity (Wildman–Crippen MR) is 66.4 cm³/mol. The second-order valence-corrected chi connectivity index (χ2v) is 5.09. The molecule has 1 aromatic carbocycles. The lowest BCUT2D eigenvalue weighted by Crippen LogP contribution is -1.81. The van der Waals surface area contributed by atoms with Gasteiger partial charge in [0.05, 0.1) is 0 Å². The van der Waals surface area contributed by atoms with Crippen molar-refractivity contribution in [3.63, 3.8) is 0 Å². The number of thioether (sulfide) groups is 1. The highest BCUT2D eigenvalue weighted by Gasteiger charge is 1.92. The molecule has 0 bridgehead atoms. The van der Waals surface area contributed by atoms with Crippen LogP contribution in [0.4, 0.5) is 0 Å². The Labute approximate surface area is 99.3 Å². The Morgan fingerprint density at radius 2 is 1.86 bits per heavy atom. The molecule has 0 aliphatic heterocycles. The molecule has 3 heteroatoms. The Kier molecular flexibility index (Phi) is 6.17. The number of halogens is 2. The molecule has 0 fully saturated rings. The average Bonchev–Trinajstić information content (AvgIpc) is 2.18. The molecule has 0 amide bonds. The Morgan fingerprint density at radius 1 is 1.14 bits per heavy atom. The van der Waals surface area contributed by atoms with Crippen LogP contribution >= 0.6 is 35.0 Å². The summed E-state index contributed by atoms with van der Waals surface area (Å²) in [5.74, 6) is 0.963. The lowest BCUT2D eigenvalue weighted by molar-refractivity contribution is 1.15.